The van der Waals surface area contributed by atoms with Gasteiger partial charge >= 0.3 is 12.0 Å². The summed E-state index contributed by atoms with van der Waals surface area (Å²) in [5, 5.41) is 14.9. The molecule has 2 aliphatic heterocycles. The number of aliphatic carboxylic acids is 1. The Labute approximate surface area is 140 Å². The zero-order valence-corrected chi connectivity index (χ0v) is 13.4. The van der Waals surface area contributed by atoms with Crippen LogP contribution in [0.5, 0.6) is 0 Å². The molecule has 2 heterocycles. The number of nitrogens with zero attached hydrogens (tertiary/aromatic N) is 1. The zero-order chi connectivity index (χ0) is 17.2. The molecule has 24 heavy (non-hydrogen) atoms. The molecule has 0 radical (unpaired) electrons. The van der Waals surface area contributed by atoms with Crippen molar-refractivity contribution in [2.75, 3.05) is 19.6 Å². The second-order valence-corrected chi connectivity index (χ2v) is 6.71. The van der Waals surface area contributed by atoms with Crippen LogP contribution in [0.2, 0.25) is 0 Å². The molecule has 1 spiro atoms. The van der Waals surface area contributed by atoms with Crippen molar-refractivity contribution in [3.63, 3.8) is 0 Å². The van der Waals surface area contributed by atoms with E-state index < -0.39 is 12.0 Å². The quantitative estimate of drug-likeness (QED) is 0.783. The van der Waals surface area contributed by atoms with Gasteiger partial charge in [-0.3, -0.25) is 4.79 Å². The highest BCUT2D eigenvalue weighted by atomic mass is 19.1. The summed E-state index contributed by atoms with van der Waals surface area (Å²) in [6, 6.07) is 5.70. The number of amides is 2. The van der Waals surface area contributed by atoms with E-state index in [1.54, 1.807) is 23.1 Å². The monoisotopic (exact) mass is 335 g/mol. The van der Waals surface area contributed by atoms with Crippen molar-refractivity contribution in [3.05, 3.63) is 35.6 Å². The third-order valence-electron chi connectivity index (χ3n) is 5.16. The topological polar surface area (TPSA) is 81.7 Å². The number of nitrogens with one attached hydrogen (secondary N) is 2. The Balaban J connectivity index is 1.49. The SMILES string of the molecule is O=C(O)[C@@H]1CC2(CCN(C(=O)NCc3ccccc3F)CC2)CN1. The zero-order valence-electron chi connectivity index (χ0n) is 13.4. The first kappa shape index (κ1) is 16.7. The highest BCUT2D eigenvalue weighted by Gasteiger charge is 2.44. The van der Waals surface area contributed by atoms with Crippen molar-refractivity contribution >= 4 is 12.0 Å². The summed E-state index contributed by atoms with van der Waals surface area (Å²) < 4.78 is 13.6. The van der Waals surface area contributed by atoms with Gasteiger partial charge in [0, 0.05) is 31.7 Å². The molecule has 0 unspecified atom stereocenters. The molecule has 0 aliphatic carbocycles. The summed E-state index contributed by atoms with van der Waals surface area (Å²) >= 11 is 0. The van der Waals surface area contributed by atoms with Gasteiger partial charge in [-0.1, -0.05) is 18.2 Å². The molecule has 0 aromatic heterocycles. The van der Waals surface area contributed by atoms with Crippen molar-refractivity contribution in [3.8, 4) is 0 Å². The lowest BCUT2D eigenvalue weighted by Crippen LogP contribution is -2.47. The van der Waals surface area contributed by atoms with Gasteiger partial charge in [-0.05, 0) is 30.7 Å². The Hall–Kier alpha value is -2.15. The fourth-order valence-corrected chi connectivity index (χ4v) is 3.58. The van der Waals surface area contributed by atoms with Gasteiger partial charge in [0.05, 0.1) is 0 Å². The minimum atomic E-state index is -0.808. The van der Waals surface area contributed by atoms with E-state index in [4.69, 9.17) is 5.11 Å². The van der Waals surface area contributed by atoms with Crippen LogP contribution in [-0.2, 0) is 11.3 Å². The Bertz CT molecular complexity index is 629. The van der Waals surface area contributed by atoms with Crippen LogP contribution in [0.25, 0.3) is 0 Å². The number of carboxylic acid groups (broad SMARTS) is 1. The average Bonchev–Trinajstić information content (AvgIpc) is 2.99. The van der Waals surface area contributed by atoms with Crippen LogP contribution in [0.3, 0.4) is 0 Å². The van der Waals surface area contributed by atoms with Gasteiger partial charge in [0.1, 0.15) is 11.9 Å². The largest absolute Gasteiger partial charge is 0.480 e. The lowest BCUT2D eigenvalue weighted by molar-refractivity contribution is -0.139. The van der Waals surface area contributed by atoms with Gasteiger partial charge in [0.15, 0.2) is 0 Å². The number of carbonyl (C=O) groups excluding carboxylic acids is 1. The summed E-state index contributed by atoms with van der Waals surface area (Å²) in [5.74, 6) is -1.14. The predicted molar refractivity (Wildman–Crippen MR) is 85.9 cm³/mol. The summed E-state index contributed by atoms with van der Waals surface area (Å²) in [6.07, 6.45) is 2.20. The van der Waals surface area contributed by atoms with Gasteiger partial charge in [-0.15, -0.1) is 0 Å². The molecule has 3 N–H and O–H groups in total. The molecule has 2 amide bonds. The summed E-state index contributed by atoms with van der Waals surface area (Å²) in [6.45, 7) is 2.04. The standard InChI is InChI=1S/C17H22FN3O3/c18-13-4-2-1-3-12(13)10-19-16(24)21-7-5-17(6-8-21)9-14(15(22)23)20-11-17/h1-4,14,20H,5-11H2,(H,19,24)(H,22,23)/t14-/m0/s1. The molecule has 2 saturated heterocycles. The molecular weight excluding hydrogens is 313 g/mol. The number of carbonyl (C=O) groups is 2. The molecule has 1 aromatic carbocycles. The van der Waals surface area contributed by atoms with Crippen LogP contribution in [-0.4, -0.2) is 47.7 Å². The molecule has 7 heteroatoms. The Morgan fingerprint density at radius 3 is 2.67 bits per heavy atom. The van der Waals surface area contributed by atoms with E-state index in [1.165, 1.54) is 6.07 Å². The Morgan fingerprint density at radius 2 is 2.04 bits per heavy atom. The lowest BCUT2D eigenvalue weighted by Gasteiger charge is -2.38. The number of likely N-dealkylation sites (tertiary alicyclic amines) is 1. The van der Waals surface area contributed by atoms with Crippen LogP contribution in [0, 0.1) is 11.2 Å². The van der Waals surface area contributed by atoms with Crippen molar-refractivity contribution in [1.29, 1.82) is 0 Å². The molecular formula is C17H22FN3O3. The normalized spacial score (nSPS) is 22.5. The smallest absolute Gasteiger partial charge is 0.320 e. The number of urea groups is 1. The van der Waals surface area contributed by atoms with Crippen LogP contribution in [0.1, 0.15) is 24.8 Å². The van der Waals surface area contributed by atoms with Gasteiger partial charge in [-0.2, -0.15) is 0 Å². The summed E-state index contributed by atoms with van der Waals surface area (Å²) in [4.78, 5) is 25.0. The first-order chi connectivity index (χ1) is 11.5. The lowest BCUT2D eigenvalue weighted by atomic mass is 9.76. The van der Waals surface area contributed by atoms with Crippen molar-refractivity contribution < 1.29 is 19.1 Å². The molecule has 130 valence electrons. The maximum absolute atomic E-state index is 13.6. The molecule has 6 nitrogen and oxygen atoms in total. The number of rotatable bonds is 3. The minimum Gasteiger partial charge on any atom is -0.480 e. The number of benzene rings is 1. The van der Waals surface area contributed by atoms with Crippen molar-refractivity contribution in [2.45, 2.75) is 31.8 Å². The number of hydrogen-bond acceptors (Lipinski definition) is 3. The number of carboxylic acids is 1. The van der Waals surface area contributed by atoms with E-state index in [0.717, 1.165) is 12.8 Å². The molecule has 1 atom stereocenters. The van der Waals surface area contributed by atoms with Crippen molar-refractivity contribution in [1.82, 2.24) is 15.5 Å². The summed E-state index contributed by atoms with van der Waals surface area (Å²) in [5.41, 5.74) is 0.439. The summed E-state index contributed by atoms with van der Waals surface area (Å²) in [7, 11) is 0. The van der Waals surface area contributed by atoms with E-state index in [0.29, 0.717) is 31.6 Å². The molecule has 0 saturated carbocycles. The second-order valence-electron chi connectivity index (χ2n) is 6.71. The highest BCUT2D eigenvalue weighted by molar-refractivity contribution is 5.75. The van der Waals surface area contributed by atoms with Crippen LogP contribution in [0.4, 0.5) is 9.18 Å². The number of halogens is 1. The fourth-order valence-electron chi connectivity index (χ4n) is 3.58. The maximum atomic E-state index is 13.6. The van der Waals surface area contributed by atoms with Crippen LogP contribution >= 0.6 is 0 Å². The van der Waals surface area contributed by atoms with E-state index in [9.17, 15) is 14.0 Å². The Morgan fingerprint density at radius 1 is 1.33 bits per heavy atom. The third-order valence-corrected chi connectivity index (χ3v) is 5.16. The highest BCUT2D eigenvalue weighted by Crippen LogP contribution is 2.39. The van der Waals surface area contributed by atoms with Crippen LogP contribution in [0.15, 0.2) is 24.3 Å². The van der Waals surface area contributed by atoms with E-state index in [1.807, 2.05) is 0 Å². The van der Waals surface area contributed by atoms with E-state index in [2.05, 4.69) is 10.6 Å². The first-order valence-corrected chi connectivity index (χ1v) is 8.21. The minimum absolute atomic E-state index is 0.0224. The molecule has 2 aliphatic rings. The first-order valence-electron chi connectivity index (χ1n) is 8.21. The van der Waals surface area contributed by atoms with Crippen LogP contribution < -0.4 is 10.6 Å². The van der Waals surface area contributed by atoms with Gasteiger partial charge < -0.3 is 20.6 Å². The molecule has 3 rings (SSSR count). The van der Waals surface area contributed by atoms with Gasteiger partial charge in [-0.25, -0.2) is 9.18 Å². The fraction of sp³-hybridized carbons (Fsp3) is 0.529. The molecule has 0 bridgehead atoms. The number of hydrogen-bond donors (Lipinski definition) is 3. The predicted octanol–water partition coefficient (Wildman–Crippen LogP) is 1.56. The van der Waals surface area contributed by atoms with Crippen molar-refractivity contribution in [2.24, 2.45) is 5.41 Å². The van der Waals surface area contributed by atoms with Gasteiger partial charge in [0.2, 0.25) is 0 Å². The molecule has 2 fully saturated rings. The van der Waals surface area contributed by atoms with E-state index in [-0.39, 0.29) is 23.8 Å². The molecule has 1 aromatic rings. The second kappa shape index (κ2) is 6.76. The van der Waals surface area contributed by atoms with E-state index >= 15 is 0 Å². The third kappa shape index (κ3) is 3.51. The average molecular weight is 335 g/mol. The van der Waals surface area contributed by atoms with Gasteiger partial charge in [0.25, 0.3) is 0 Å². The Kier molecular flexibility index (Phi) is 4.71. The maximum Gasteiger partial charge on any atom is 0.320 e. The number of piperidine rings is 1.